The fraction of sp³-hybridized carbons (Fsp3) is 0.185. The zero-order chi connectivity index (χ0) is 24.0. The molecule has 0 aliphatic heterocycles. The van der Waals surface area contributed by atoms with Gasteiger partial charge in [0.25, 0.3) is 0 Å². The van der Waals surface area contributed by atoms with E-state index >= 15 is 0 Å². The van der Waals surface area contributed by atoms with E-state index in [0.717, 1.165) is 50.5 Å². The summed E-state index contributed by atoms with van der Waals surface area (Å²) in [5.74, 6) is 2.88. The normalized spacial score (nSPS) is 10.9. The third-order valence-electron chi connectivity index (χ3n) is 5.57. The standard InChI is InChI=1S/C27H25N5O3/c1-18-13-20(7-11-25(18)35-17-27-29-31-32-30-27)15-33-23-10-12-26(19(2)14-23)34-16-22-9-8-21-5-3-4-6-24(21)28-22/h3-14H,15-17H2,1-2H3,(H,29,30,31,32). The van der Waals surface area contributed by atoms with Gasteiger partial charge >= 0.3 is 0 Å². The molecule has 0 saturated carbocycles. The number of tetrazole rings is 1. The molecule has 0 bridgehead atoms. The molecule has 0 aliphatic carbocycles. The van der Waals surface area contributed by atoms with Crippen molar-refractivity contribution in [1.29, 1.82) is 0 Å². The second-order valence-corrected chi connectivity index (χ2v) is 8.22. The minimum absolute atomic E-state index is 0.262. The summed E-state index contributed by atoms with van der Waals surface area (Å²) >= 11 is 0. The van der Waals surface area contributed by atoms with E-state index in [2.05, 4.69) is 37.7 Å². The molecular formula is C27H25N5O3. The topological polar surface area (TPSA) is 95.0 Å². The summed E-state index contributed by atoms with van der Waals surface area (Å²) in [6, 6.07) is 23.9. The van der Waals surface area contributed by atoms with Crippen LogP contribution < -0.4 is 14.2 Å². The van der Waals surface area contributed by atoms with Crippen molar-refractivity contribution in [2.75, 3.05) is 0 Å². The van der Waals surface area contributed by atoms with E-state index in [1.54, 1.807) is 0 Å². The Bertz CT molecular complexity index is 1440. The van der Waals surface area contributed by atoms with Gasteiger partial charge in [0.2, 0.25) is 5.82 Å². The fourth-order valence-electron chi connectivity index (χ4n) is 3.73. The minimum Gasteiger partial charge on any atom is -0.489 e. The van der Waals surface area contributed by atoms with Gasteiger partial charge in [-0.15, -0.1) is 10.2 Å². The van der Waals surface area contributed by atoms with Gasteiger partial charge in [0, 0.05) is 5.39 Å². The number of nitrogens with one attached hydrogen (secondary N) is 1. The van der Waals surface area contributed by atoms with Crippen LogP contribution in [0, 0.1) is 13.8 Å². The van der Waals surface area contributed by atoms with Gasteiger partial charge in [-0.1, -0.05) is 35.5 Å². The lowest BCUT2D eigenvalue weighted by atomic mass is 10.1. The van der Waals surface area contributed by atoms with Crippen LogP contribution in [-0.2, 0) is 19.8 Å². The summed E-state index contributed by atoms with van der Waals surface area (Å²) in [6.45, 7) is 5.13. The molecule has 0 fully saturated rings. The summed E-state index contributed by atoms with van der Waals surface area (Å²) in [7, 11) is 0. The van der Waals surface area contributed by atoms with Crippen LogP contribution in [0.5, 0.6) is 17.2 Å². The first-order valence-electron chi connectivity index (χ1n) is 11.3. The zero-order valence-electron chi connectivity index (χ0n) is 19.6. The van der Waals surface area contributed by atoms with Gasteiger partial charge in [0.15, 0.2) is 6.61 Å². The first kappa shape index (κ1) is 22.3. The molecule has 0 atom stereocenters. The molecule has 0 amide bonds. The number of hydrogen-bond donors (Lipinski definition) is 1. The second-order valence-electron chi connectivity index (χ2n) is 8.22. The molecule has 0 unspecified atom stereocenters. The summed E-state index contributed by atoms with van der Waals surface area (Å²) in [4.78, 5) is 4.67. The number of H-pyrrole nitrogens is 1. The predicted octanol–water partition coefficient (Wildman–Crippen LogP) is 5.10. The van der Waals surface area contributed by atoms with Crippen LogP contribution >= 0.6 is 0 Å². The molecule has 2 heterocycles. The highest BCUT2D eigenvalue weighted by molar-refractivity contribution is 5.78. The van der Waals surface area contributed by atoms with Gasteiger partial charge in [0.1, 0.15) is 30.5 Å². The van der Waals surface area contributed by atoms with E-state index in [1.807, 2.05) is 74.5 Å². The Morgan fingerprint density at radius 2 is 1.54 bits per heavy atom. The van der Waals surface area contributed by atoms with Crippen LogP contribution in [0.15, 0.2) is 72.8 Å². The molecule has 176 valence electrons. The highest BCUT2D eigenvalue weighted by Crippen LogP contribution is 2.26. The van der Waals surface area contributed by atoms with Gasteiger partial charge in [0.05, 0.1) is 11.2 Å². The van der Waals surface area contributed by atoms with Crippen molar-refractivity contribution in [1.82, 2.24) is 25.6 Å². The number of para-hydroxylation sites is 1. The van der Waals surface area contributed by atoms with E-state index in [0.29, 0.717) is 19.0 Å². The third-order valence-corrected chi connectivity index (χ3v) is 5.57. The minimum atomic E-state index is 0.262. The number of ether oxygens (including phenoxy) is 3. The van der Waals surface area contributed by atoms with Crippen molar-refractivity contribution < 1.29 is 14.2 Å². The maximum absolute atomic E-state index is 6.02. The van der Waals surface area contributed by atoms with Crippen LogP contribution in [0.25, 0.3) is 10.9 Å². The van der Waals surface area contributed by atoms with Crippen LogP contribution in [-0.4, -0.2) is 25.6 Å². The second kappa shape index (κ2) is 10.2. The van der Waals surface area contributed by atoms with Gasteiger partial charge in [-0.25, -0.2) is 4.98 Å². The van der Waals surface area contributed by atoms with Crippen molar-refractivity contribution in [2.24, 2.45) is 0 Å². The average Bonchev–Trinajstić information content (AvgIpc) is 3.40. The summed E-state index contributed by atoms with van der Waals surface area (Å²) in [5.41, 5.74) is 4.93. The van der Waals surface area contributed by atoms with Gasteiger partial charge in [-0.05, 0) is 73.0 Å². The highest BCUT2D eigenvalue weighted by Gasteiger charge is 2.07. The quantitative estimate of drug-likeness (QED) is 0.322. The number of aromatic nitrogens is 5. The number of rotatable bonds is 9. The van der Waals surface area contributed by atoms with E-state index < -0.39 is 0 Å². The molecule has 1 N–H and O–H groups in total. The van der Waals surface area contributed by atoms with Crippen molar-refractivity contribution >= 4 is 10.9 Å². The summed E-state index contributed by atoms with van der Waals surface area (Å²) < 4.78 is 17.8. The lowest BCUT2D eigenvalue weighted by molar-refractivity contribution is 0.289. The largest absolute Gasteiger partial charge is 0.489 e. The lowest BCUT2D eigenvalue weighted by Crippen LogP contribution is -2.02. The number of nitrogens with zero attached hydrogens (tertiary/aromatic N) is 4. The Kier molecular flexibility index (Phi) is 6.52. The van der Waals surface area contributed by atoms with Gasteiger partial charge < -0.3 is 14.2 Å². The number of pyridine rings is 1. The van der Waals surface area contributed by atoms with Gasteiger partial charge in [-0.3, -0.25) is 0 Å². The van der Waals surface area contributed by atoms with E-state index in [4.69, 9.17) is 14.2 Å². The zero-order valence-corrected chi connectivity index (χ0v) is 19.6. The molecule has 8 nitrogen and oxygen atoms in total. The van der Waals surface area contributed by atoms with Crippen molar-refractivity contribution in [3.63, 3.8) is 0 Å². The average molecular weight is 468 g/mol. The number of fused-ring (bicyclic) bond motifs is 1. The van der Waals surface area contributed by atoms with Gasteiger partial charge in [-0.2, -0.15) is 5.21 Å². The maximum atomic E-state index is 6.02. The summed E-state index contributed by atoms with van der Waals surface area (Å²) in [6.07, 6.45) is 0. The molecule has 35 heavy (non-hydrogen) atoms. The number of aryl methyl sites for hydroxylation is 2. The van der Waals surface area contributed by atoms with E-state index in [1.165, 1.54) is 0 Å². The third kappa shape index (κ3) is 5.55. The summed E-state index contributed by atoms with van der Waals surface area (Å²) in [5, 5.41) is 14.8. The molecule has 2 aromatic heterocycles. The van der Waals surface area contributed by atoms with Crippen molar-refractivity contribution in [3.05, 3.63) is 101 Å². The Morgan fingerprint density at radius 3 is 2.34 bits per heavy atom. The monoisotopic (exact) mass is 467 g/mol. The molecule has 0 saturated heterocycles. The molecule has 5 aromatic rings. The fourth-order valence-corrected chi connectivity index (χ4v) is 3.73. The number of hydrogen-bond acceptors (Lipinski definition) is 7. The molecule has 5 rings (SSSR count). The molecule has 0 radical (unpaired) electrons. The Hall–Kier alpha value is -4.46. The Labute approximate surface area is 202 Å². The van der Waals surface area contributed by atoms with Crippen molar-refractivity contribution in [3.8, 4) is 17.2 Å². The molecular weight excluding hydrogens is 442 g/mol. The van der Waals surface area contributed by atoms with E-state index in [-0.39, 0.29) is 6.61 Å². The van der Waals surface area contributed by atoms with Crippen molar-refractivity contribution in [2.45, 2.75) is 33.7 Å². The van der Waals surface area contributed by atoms with Crippen LogP contribution in [0.1, 0.15) is 28.2 Å². The maximum Gasteiger partial charge on any atom is 0.211 e. The Morgan fingerprint density at radius 1 is 0.743 bits per heavy atom. The predicted molar refractivity (Wildman–Crippen MR) is 131 cm³/mol. The molecule has 3 aromatic carbocycles. The molecule has 8 heteroatoms. The first-order chi connectivity index (χ1) is 17.1. The number of benzene rings is 3. The smallest absolute Gasteiger partial charge is 0.211 e. The molecule has 0 spiro atoms. The van der Waals surface area contributed by atoms with Crippen LogP contribution in [0.4, 0.5) is 0 Å². The highest BCUT2D eigenvalue weighted by atomic mass is 16.5. The Balaban J connectivity index is 1.16. The lowest BCUT2D eigenvalue weighted by Gasteiger charge is -2.13. The SMILES string of the molecule is Cc1cc(OCc2ccc(OCc3nn[nH]n3)c(C)c2)ccc1OCc1ccc2ccccc2n1. The van der Waals surface area contributed by atoms with E-state index in [9.17, 15) is 0 Å². The first-order valence-corrected chi connectivity index (χ1v) is 11.3. The number of aromatic amines is 1. The molecule has 0 aliphatic rings. The van der Waals surface area contributed by atoms with Crippen LogP contribution in [0.2, 0.25) is 0 Å². The van der Waals surface area contributed by atoms with Crippen LogP contribution in [0.3, 0.4) is 0 Å².